The molecule has 1 aliphatic rings. The van der Waals surface area contributed by atoms with E-state index in [0.717, 1.165) is 24.8 Å². The minimum atomic E-state index is -0.996. The van der Waals surface area contributed by atoms with Crippen LogP contribution in [0.5, 0.6) is 0 Å². The van der Waals surface area contributed by atoms with Gasteiger partial charge in [-0.2, -0.15) is 0 Å². The zero-order valence-electron chi connectivity index (χ0n) is 16.5. The summed E-state index contributed by atoms with van der Waals surface area (Å²) in [4.78, 5) is 10.9. The van der Waals surface area contributed by atoms with E-state index in [1.807, 2.05) is 13.0 Å². The first-order chi connectivity index (χ1) is 11.5. The third kappa shape index (κ3) is 6.32. The highest BCUT2D eigenvalue weighted by Gasteiger charge is 2.40. The summed E-state index contributed by atoms with van der Waals surface area (Å²) in [7, 11) is 0. The van der Waals surface area contributed by atoms with Crippen LogP contribution in [-0.4, -0.2) is 23.3 Å². The lowest BCUT2D eigenvalue weighted by atomic mass is 9.59. The van der Waals surface area contributed by atoms with Crippen molar-refractivity contribution in [2.24, 2.45) is 17.3 Å². The van der Waals surface area contributed by atoms with Crippen molar-refractivity contribution in [2.75, 3.05) is 6.61 Å². The maximum absolute atomic E-state index is 10.9. The normalized spacial score (nSPS) is 26.3. The van der Waals surface area contributed by atoms with E-state index in [9.17, 15) is 9.90 Å². The van der Waals surface area contributed by atoms with Gasteiger partial charge in [0.1, 0.15) is 6.61 Å². The van der Waals surface area contributed by atoms with E-state index >= 15 is 0 Å². The Hall–Kier alpha value is -1.61. The Kier molecular flexibility index (Phi) is 7.43. The minimum Gasteiger partial charge on any atom is -0.461 e. The molecule has 1 saturated carbocycles. The predicted octanol–water partition coefficient (Wildman–Crippen LogP) is 4.99. The standard InChI is InChI=1S/C22H34O3/c1-8-22(7,24)14-13-20-17(3)10-12-19(21(20,5)6)11-9-16(2)15-25-18(4)23/h8-9,13-14,19-20,24H,1,3,10-12,15H2,2,4-7H3/b14-13+,16-9+/t19-,20+,22?/m0/s1. The first-order valence-corrected chi connectivity index (χ1v) is 9.01. The van der Waals surface area contributed by atoms with Gasteiger partial charge in [0.15, 0.2) is 0 Å². The molecule has 0 aromatic heterocycles. The summed E-state index contributed by atoms with van der Waals surface area (Å²) in [6.07, 6.45) is 10.7. The molecule has 1 fully saturated rings. The smallest absolute Gasteiger partial charge is 0.302 e. The molecule has 3 atom stereocenters. The monoisotopic (exact) mass is 346 g/mol. The molecule has 140 valence electrons. The van der Waals surface area contributed by atoms with Gasteiger partial charge in [0.2, 0.25) is 0 Å². The van der Waals surface area contributed by atoms with Crippen LogP contribution in [0.1, 0.15) is 53.9 Å². The van der Waals surface area contributed by atoms with Crippen molar-refractivity contribution >= 4 is 5.97 Å². The summed E-state index contributed by atoms with van der Waals surface area (Å²) in [5, 5.41) is 10.2. The first-order valence-electron chi connectivity index (χ1n) is 9.01. The van der Waals surface area contributed by atoms with Crippen LogP contribution < -0.4 is 0 Å². The molecule has 1 rings (SSSR count). The fraction of sp³-hybridized carbons (Fsp3) is 0.591. The fourth-order valence-electron chi connectivity index (χ4n) is 3.45. The highest BCUT2D eigenvalue weighted by molar-refractivity contribution is 5.66. The molecular formula is C22H34O3. The lowest BCUT2D eigenvalue weighted by Crippen LogP contribution is -2.37. The number of hydrogen-bond acceptors (Lipinski definition) is 3. The molecule has 1 unspecified atom stereocenters. The zero-order valence-corrected chi connectivity index (χ0v) is 16.5. The SMILES string of the molecule is C=CC(C)(O)/C=C/[C@@H]1C(=C)CC[C@H](C/C=C(\C)COC(C)=O)C1(C)C. The summed E-state index contributed by atoms with van der Waals surface area (Å²) < 4.78 is 5.05. The van der Waals surface area contributed by atoms with Gasteiger partial charge in [-0.15, -0.1) is 0 Å². The first kappa shape index (κ1) is 21.4. The van der Waals surface area contributed by atoms with Crippen molar-refractivity contribution in [1.82, 2.24) is 0 Å². The molecule has 0 aromatic rings. The number of carbonyl (C=O) groups is 1. The molecule has 0 aliphatic heterocycles. The Labute approximate surface area is 153 Å². The molecule has 0 aromatic carbocycles. The topological polar surface area (TPSA) is 46.5 Å². The molecule has 25 heavy (non-hydrogen) atoms. The fourth-order valence-corrected chi connectivity index (χ4v) is 3.45. The van der Waals surface area contributed by atoms with Gasteiger partial charge < -0.3 is 9.84 Å². The van der Waals surface area contributed by atoms with Gasteiger partial charge in [0.05, 0.1) is 5.60 Å². The van der Waals surface area contributed by atoms with E-state index in [0.29, 0.717) is 12.5 Å². The van der Waals surface area contributed by atoms with E-state index in [2.05, 4.69) is 39.2 Å². The van der Waals surface area contributed by atoms with E-state index in [1.165, 1.54) is 12.5 Å². The van der Waals surface area contributed by atoms with E-state index in [4.69, 9.17) is 4.74 Å². The maximum Gasteiger partial charge on any atom is 0.302 e. The van der Waals surface area contributed by atoms with Gasteiger partial charge in [-0.3, -0.25) is 4.79 Å². The Morgan fingerprint density at radius 1 is 1.44 bits per heavy atom. The molecule has 0 heterocycles. The van der Waals surface area contributed by atoms with Crippen molar-refractivity contribution in [3.05, 3.63) is 48.6 Å². The second kappa shape index (κ2) is 8.66. The summed E-state index contributed by atoms with van der Waals surface area (Å²) in [5.74, 6) is 0.481. The van der Waals surface area contributed by atoms with Gasteiger partial charge in [0.25, 0.3) is 0 Å². The molecule has 1 aliphatic carbocycles. The van der Waals surface area contributed by atoms with Gasteiger partial charge in [-0.05, 0) is 50.0 Å². The zero-order chi connectivity index (χ0) is 19.3. The van der Waals surface area contributed by atoms with Gasteiger partial charge in [-0.25, -0.2) is 0 Å². The number of aliphatic hydroxyl groups is 1. The molecule has 0 amide bonds. The van der Waals surface area contributed by atoms with Crippen molar-refractivity contribution in [3.8, 4) is 0 Å². The maximum atomic E-state index is 10.9. The molecule has 0 saturated heterocycles. The second-order valence-corrected chi connectivity index (χ2v) is 8.05. The van der Waals surface area contributed by atoms with Crippen LogP contribution >= 0.6 is 0 Å². The quantitative estimate of drug-likeness (QED) is 0.522. The molecule has 0 radical (unpaired) electrons. The summed E-state index contributed by atoms with van der Waals surface area (Å²) in [5.41, 5.74) is 1.35. The van der Waals surface area contributed by atoms with Crippen LogP contribution in [0.4, 0.5) is 0 Å². The number of esters is 1. The van der Waals surface area contributed by atoms with Crippen molar-refractivity contribution in [2.45, 2.75) is 59.5 Å². The molecule has 0 bridgehead atoms. The van der Waals surface area contributed by atoms with E-state index in [-0.39, 0.29) is 17.3 Å². The predicted molar refractivity (Wildman–Crippen MR) is 104 cm³/mol. The number of ether oxygens (including phenoxy) is 1. The van der Waals surface area contributed by atoms with Crippen LogP contribution in [0, 0.1) is 17.3 Å². The Balaban J connectivity index is 2.86. The Morgan fingerprint density at radius 2 is 2.08 bits per heavy atom. The van der Waals surface area contributed by atoms with Gasteiger partial charge in [-0.1, -0.05) is 56.9 Å². The van der Waals surface area contributed by atoms with E-state index in [1.54, 1.807) is 13.0 Å². The van der Waals surface area contributed by atoms with E-state index < -0.39 is 5.60 Å². The Morgan fingerprint density at radius 3 is 2.64 bits per heavy atom. The van der Waals surface area contributed by atoms with Crippen LogP contribution in [-0.2, 0) is 9.53 Å². The van der Waals surface area contributed by atoms with Crippen LogP contribution in [0.2, 0.25) is 0 Å². The third-order valence-electron chi connectivity index (χ3n) is 5.40. The number of hydrogen-bond donors (Lipinski definition) is 1. The number of rotatable bonds is 7. The molecular weight excluding hydrogens is 312 g/mol. The number of carbonyl (C=O) groups excluding carboxylic acids is 1. The summed E-state index contributed by atoms with van der Waals surface area (Å²) >= 11 is 0. The van der Waals surface area contributed by atoms with Gasteiger partial charge >= 0.3 is 5.97 Å². The second-order valence-electron chi connectivity index (χ2n) is 8.05. The number of allylic oxidation sites excluding steroid dienone is 3. The molecule has 0 spiro atoms. The Bertz CT molecular complexity index is 564. The van der Waals surface area contributed by atoms with Crippen molar-refractivity contribution in [3.63, 3.8) is 0 Å². The van der Waals surface area contributed by atoms with Crippen LogP contribution in [0.3, 0.4) is 0 Å². The average Bonchev–Trinajstić information content (AvgIpc) is 2.51. The van der Waals surface area contributed by atoms with Crippen molar-refractivity contribution < 1.29 is 14.6 Å². The van der Waals surface area contributed by atoms with Crippen molar-refractivity contribution in [1.29, 1.82) is 0 Å². The largest absolute Gasteiger partial charge is 0.461 e. The summed E-state index contributed by atoms with van der Waals surface area (Å²) in [6.45, 7) is 18.0. The van der Waals surface area contributed by atoms with Crippen LogP contribution in [0.25, 0.3) is 0 Å². The molecule has 1 N–H and O–H groups in total. The van der Waals surface area contributed by atoms with Gasteiger partial charge in [0, 0.05) is 12.8 Å². The van der Waals surface area contributed by atoms with Crippen LogP contribution in [0.15, 0.2) is 48.6 Å². The molecule has 3 nitrogen and oxygen atoms in total. The lowest BCUT2D eigenvalue weighted by Gasteiger charge is -2.45. The third-order valence-corrected chi connectivity index (χ3v) is 5.40. The lowest BCUT2D eigenvalue weighted by molar-refractivity contribution is -0.139. The summed E-state index contributed by atoms with van der Waals surface area (Å²) in [6, 6.07) is 0. The molecule has 3 heteroatoms. The average molecular weight is 347 g/mol. The minimum absolute atomic E-state index is 0.0430. The highest BCUT2D eigenvalue weighted by Crippen LogP contribution is 2.49. The highest BCUT2D eigenvalue weighted by atomic mass is 16.5.